The van der Waals surface area contributed by atoms with Crippen LogP contribution in [0.1, 0.15) is 17.0 Å². The monoisotopic (exact) mass is 317 g/mol. The number of para-hydroxylation sites is 1. The fraction of sp³-hybridized carbons (Fsp3) is 0.100. The van der Waals surface area contributed by atoms with Gasteiger partial charge in [-0.15, -0.1) is 6.42 Å². The van der Waals surface area contributed by atoms with E-state index in [4.69, 9.17) is 11.2 Å². The van der Waals surface area contributed by atoms with E-state index >= 15 is 0 Å². The number of terminal acetylenes is 1. The maximum absolute atomic E-state index is 11.0. The molecular formula is C20H15NO3. The molecule has 24 heavy (non-hydrogen) atoms. The molecule has 0 saturated carbocycles. The fourth-order valence-electron chi connectivity index (χ4n) is 2.77. The highest BCUT2D eigenvalue weighted by Crippen LogP contribution is 2.37. The van der Waals surface area contributed by atoms with Crippen molar-refractivity contribution in [2.75, 3.05) is 6.61 Å². The van der Waals surface area contributed by atoms with Crippen LogP contribution in [-0.4, -0.2) is 22.6 Å². The Morgan fingerprint density at radius 1 is 1.25 bits per heavy atom. The van der Waals surface area contributed by atoms with Gasteiger partial charge in [-0.25, -0.2) is 4.79 Å². The Morgan fingerprint density at radius 3 is 2.83 bits per heavy atom. The minimum absolute atomic E-state index is 0.0336. The molecule has 2 N–H and O–H groups in total. The second kappa shape index (κ2) is 6.78. The molecule has 0 aliphatic heterocycles. The summed E-state index contributed by atoms with van der Waals surface area (Å²) >= 11 is 0. The van der Waals surface area contributed by atoms with Crippen molar-refractivity contribution in [1.82, 2.24) is 4.98 Å². The summed E-state index contributed by atoms with van der Waals surface area (Å²) in [5, 5.41) is 11.4. The number of fused-ring (bicyclic) bond motifs is 1. The predicted octanol–water partition coefficient (Wildman–Crippen LogP) is 3.41. The molecule has 0 aliphatic carbocycles. The van der Waals surface area contributed by atoms with Gasteiger partial charge in [0.1, 0.15) is 24.0 Å². The molecule has 118 valence electrons. The highest BCUT2D eigenvalue weighted by atomic mass is 16.5. The van der Waals surface area contributed by atoms with Crippen LogP contribution in [0.4, 0.5) is 0 Å². The molecule has 1 heterocycles. The van der Waals surface area contributed by atoms with Crippen molar-refractivity contribution in [2.24, 2.45) is 0 Å². The van der Waals surface area contributed by atoms with E-state index in [-0.39, 0.29) is 12.4 Å². The zero-order chi connectivity index (χ0) is 16.9. The third-order valence-electron chi connectivity index (χ3n) is 3.85. The largest absolute Gasteiger partial charge is 0.507 e. The van der Waals surface area contributed by atoms with E-state index in [1.54, 1.807) is 12.1 Å². The summed E-state index contributed by atoms with van der Waals surface area (Å²) in [5.74, 6) is 4.30. The van der Waals surface area contributed by atoms with E-state index in [2.05, 4.69) is 10.9 Å². The van der Waals surface area contributed by atoms with E-state index in [1.165, 1.54) is 12.1 Å². The lowest BCUT2D eigenvalue weighted by molar-refractivity contribution is 0.366. The zero-order valence-corrected chi connectivity index (χ0v) is 12.8. The molecule has 4 heteroatoms. The molecule has 3 aromatic rings. The number of aromatic hydroxyl groups is 1. The summed E-state index contributed by atoms with van der Waals surface area (Å²) in [5.41, 5.74) is 2.45. The summed E-state index contributed by atoms with van der Waals surface area (Å²) in [6, 6.07) is 12.7. The van der Waals surface area contributed by atoms with Crippen molar-refractivity contribution in [3.05, 3.63) is 65.9 Å². The standard InChI is InChI=1S/C20H15NO3/c1-2-11-24-14-7-8-17(20(23)12-14)15(9-10-22)18-13-21-19-6-4-3-5-16(18)19/h1,3-9,12-13,15,21,23H,11H2. The van der Waals surface area contributed by atoms with Crippen molar-refractivity contribution in [1.29, 1.82) is 0 Å². The predicted molar refractivity (Wildman–Crippen MR) is 92.8 cm³/mol. The van der Waals surface area contributed by atoms with Gasteiger partial charge in [0.15, 0.2) is 0 Å². The number of aromatic amines is 1. The molecule has 0 spiro atoms. The number of phenolic OH excluding ortho intramolecular Hbond substituents is 1. The molecule has 0 aliphatic rings. The second-order valence-electron chi connectivity index (χ2n) is 5.27. The van der Waals surface area contributed by atoms with Crippen LogP contribution in [0, 0.1) is 12.3 Å². The van der Waals surface area contributed by atoms with Crippen molar-refractivity contribution >= 4 is 16.8 Å². The highest BCUT2D eigenvalue weighted by Gasteiger charge is 2.19. The smallest absolute Gasteiger partial charge is 0.148 e. The van der Waals surface area contributed by atoms with E-state index < -0.39 is 5.92 Å². The Morgan fingerprint density at radius 2 is 2.08 bits per heavy atom. The Bertz CT molecular complexity index is 958. The third-order valence-corrected chi connectivity index (χ3v) is 3.85. The van der Waals surface area contributed by atoms with Crippen LogP contribution in [0.25, 0.3) is 10.9 Å². The normalized spacial score (nSPS) is 11.5. The number of ether oxygens (including phenoxy) is 1. The van der Waals surface area contributed by atoms with Gasteiger partial charge in [-0.1, -0.05) is 30.2 Å². The highest BCUT2D eigenvalue weighted by molar-refractivity contribution is 5.85. The molecule has 0 fully saturated rings. The first-order valence-electron chi connectivity index (χ1n) is 7.40. The van der Waals surface area contributed by atoms with Gasteiger partial charge < -0.3 is 14.8 Å². The van der Waals surface area contributed by atoms with Crippen molar-refractivity contribution in [3.8, 4) is 23.8 Å². The van der Waals surface area contributed by atoms with Crippen LogP contribution in [0.2, 0.25) is 0 Å². The van der Waals surface area contributed by atoms with Gasteiger partial charge in [-0.2, -0.15) is 0 Å². The van der Waals surface area contributed by atoms with E-state index in [9.17, 15) is 9.90 Å². The summed E-state index contributed by atoms with van der Waals surface area (Å²) in [4.78, 5) is 14.2. The van der Waals surface area contributed by atoms with E-state index in [1.807, 2.05) is 36.4 Å². The SMILES string of the molecule is C#CCOc1ccc(C(C=C=O)c2c[nH]c3ccccc23)c(O)c1. The zero-order valence-electron chi connectivity index (χ0n) is 12.8. The number of aromatic nitrogens is 1. The van der Waals surface area contributed by atoms with Crippen LogP contribution in [-0.2, 0) is 4.79 Å². The number of benzene rings is 2. The summed E-state index contributed by atoms with van der Waals surface area (Å²) in [6.45, 7) is 0.124. The molecule has 1 atom stereocenters. The minimum Gasteiger partial charge on any atom is -0.507 e. The molecule has 3 rings (SSSR count). The van der Waals surface area contributed by atoms with Crippen LogP contribution >= 0.6 is 0 Å². The van der Waals surface area contributed by atoms with Crippen LogP contribution in [0.15, 0.2) is 54.7 Å². The summed E-state index contributed by atoms with van der Waals surface area (Å²) < 4.78 is 5.30. The Balaban J connectivity index is 2.06. The topological polar surface area (TPSA) is 62.3 Å². The quantitative estimate of drug-likeness (QED) is 0.560. The molecule has 4 nitrogen and oxygen atoms in total. The van der Waals surface area contributed by atoms with Gasteiger partial charge in [0.25, 0.3) is 0 Å². The molecule has 0 radical (unpaired) electrons. The number of phenols is 1. The van der Waals surface area contributed by atoms with Crippen LogP contribution < -0.4 is 4.74 Å². The van der Waals surface area contributed by atoms with Crippen LogP contribution in [0.3, 0.4) is 0 Å². The lowest BCUT2D eigenvalue weighted by atomic mass is 9.90. The van der Waals surface area contributed by atoms with Gasteiger partial charge in [0, 0.05) is 40.7 Å². The fourth-order valence-corrected chi connectivity index (χ4v) is 2.77. The molecule has 1 unspecified atom stereocenters. The number of rotatable bonds is 5. The molecule has 0 saturated heterocycles. The molecular weight excluding hydrogens is 302 g/mol. The third kappa shape index (κ3) is 2.89. The maximum Gasteiger partial charge on any atom is 0.148 e. The number of carbonyl (C=O) groups excluding carboxylic acids is 1. The van der Waals surface area contributed by atoms with Crippen molar-refractivity contribution in [3.63, 3.8) is 0 Å². The van der Waals surface area contributed by atoms with Gasteiger partial charge >= 0.3 is 0 Å². The Labute approximate surface area is 139 Å². The first kappa shape index (κ1) is 15.5. The van der Waals surface area contributed by atoms with Gasteiger partial charge in [0.2, 0.25) is 0 Å². The maximum atomic E-state index is 11.0. The van der Waals surface area contributed by atoms with Gasteiger partial charge in [0.05, 0.1) is 0 Å². The average Bonchev–Trinajstić information content (AvgIpc) is 3.02. The molecule has 0 amide bonds. The van der Waals surface area contributed by atoms with Crippen molar-refractivity contribution in [2.45, 2.75) is 5.92 Å². The minimum atomic E-state index is -0.416. The lowest BCUT2D eigenvalue weighted by Gasteiger charge is -2.14. The number of hydrogen-bond donors (Lipinski definition) is 2. The molecule has 2 aromatic carbocycles. The number of allylic oxidation sites excluding steroid dienone is 1. The first-order valence-corrected chi connectivity index (χ1v) is 7.40. The van der Waals surface area contributed by atoms with Gasteiger partial charge in [-0.05, 0) is 17.7 Å². The summed E-state index contributed by atoms with van der Waals surface area (Å²) in [7, 11) is 0. The molecule has 1 aromatic heterocycles. The number of nitrogens with one attached hydrogen (secondary N) is 1. The van der Waals surface area contributed by atoms with E-state index in [0.717, 1.165) is 16.5 Å². The van der Waals surface area contributed by atoms with Crippen molar-refractivity contribution < 1.29 is 14.6 Å². The van der Waals surface area contributed by atoms with E-state index in [0.29, 0.717) is 11.3 Å². The Hall–Kier alpha value is -3.41. The number of H-pyrrole nitrogens is 1. The Kier molecular flexibility index (Phi) is 4.38. The average molecular weight is 317 g/mol. The lowest BCUT2D eigenvalue weighted by Crippen LogP contribution is -1.99. The van der Waals surface area contributed by atoms with Crippen LogP contribution in [0.5, 0.6) is 11.5 Å². The first-order chi connectivity index (χ1) is 11.7. The second-order valence-corrected chi connectivity index (χ2v) is 5.27. The molecule has 0 bridgehead atoms. The van der Waals surface area contributed by atoms with Gasteiger partial charge in [-0.3, -0.25) is 0 Å². The summed E-state index contributed by atoms with van der Waals surface area (Å²) in [6.07, 6.45) is 8.39. The number of hydrogen-bond acceptors (Lipinski definition) is 3.